The maximum Gasteiger partial charge on any atom is 0.221 e. The fraction of sp³-hybridized carbons (Fsp3) is 0.240. The molecule has 1 amide bonds. The van der Waals surface area contributed by atoms with E-state index in [9.17, 15) is 9.90 Å². The number of nitrogens with zero attached hydrogens (tertiary/aromatic N) is 1. The van der Waals surface area contributed by atoms with Crippen LogP contribution in [-0.4, -0.2) is 31.7 Å². The molecule has 0 aliphatic carbocycles. The molecule has 0 radical (unpaired) electrons. The van der Waals surface area contributed by atoms with Crippen molar-refractivity contribution in [3.8, 4) is 0 Å². The van der Waals surface area contributed by atoms with Crippen molar-refractivity contribution in [2.75, 3.05) is 25.5 Å². The van der Waals surface area contributed by atoms with Gasteiger partial charge in [-0.25, -0.2) is 0 Å². The summed E-state index contributed by atoms with van der Waals surface area (Å²) in [6, 6.07) is 27.8. The standard InChI is InChI=1S/C25H28N2O2/c1-27(2)22-15-13-21(14-16-22)24(28)18-26-25(29)17-23(19-9-5-3-6-10-19)20-11-7-4-8-12-20/h3-16,23-24,28H,17-18H2,1-2H3,(H,26,29). The van der Waals surface area contributed by atoms with Crippen LogP contribution in [0.1, 0.15) is 35.1 Å². The Bertz CT molecular complexity index is 854. The zero-order valence-corrected chi connectivity index (χ0v) is 17.0. The van der Waals surface area contributed by atoms with E-state index in [1.807, 2.05) is 104 Å². The number of aliphatic hydroxyl groups excluding tert-OH is 1. The van der Waals surface area contributed by atoms with Crippen LogP contribution in [0.4, 0.5) is 5.69 Å². The van der Waals surface area contributed by atoms with Crippen LogP contribution >= 0.6 is 0 Å². The average molecular weight is 389 g/mol. The van der Waals surface area contributed by atoms with E-state index in [0.717, 1.165) is 22.4 Å². The van der Waals surface area contributed by atoms with Crippen molar-refractivity contribution in [1.29, 1.82) is 0 Å². The first-order valence-electron chi connectivity index (χ1n) is 9.86. The van der Waals surface area contributed by atoms with Gasteiger partial charge in [0.1, 0.15) is 0 Å². The lowest BCUT2D eigenvalue weighted by molar-refractivity contribution is -0.121. The number of hydrogen-bond donors (Lipinski definition) is 2. The van der Waals surface area contributed by atoms with Crippen LogP contribution in [0.2, 0.25) is 0 Å². The lowest BCUT2D eigenvalue weighted by Gasteiger charge is -2.19. The van der Waals surface area contributed by atoms with Crippen molar-refractivity contribution in [3.63, 3.8) is 0 Å². The summed E-state index contributed by atoms with van der Waals surface area (Å²) in [5.74, 6) is -0.0967. The Labute approximate surface area is 172 Å². The zero-order valence-electron chi connectivity index (χ0n) is 17.0. The molecular weight excluding hydrogens is 360 g/mol. The second-order valence-corrected chi connectivity index (χ2v) is 7.38. The number of benzene rings is 3. The van der Waals surface area contributed by atoms with Gasteiger partial charge in [-0.2, -0.15) is 0 Å². The number of aliphatic hydroxyl groups is 1. The Morgan fingerprint density at radius 3 is 1.83 bits per heavy atom. The van der Waals surface area contributed by atoms with E-state index < -0.39 is 6.10 Å². The van der Waals surface area contributed by atoms with Gasteiger partial charge in [-0.15, -0.1) is 0 Å². The Morgan fingerprint density at radius 1 is 0.828 bits per heavy atom. The van der Waals surface area contributed by atoms with Crippen LogP contribution in [0.15, 0.2) is 84.9 Å². The fourth-order valence-electron chi connectivity index (χ4n) is 3.38. The van der Waals surface area contributed by atoms with Crippen LogP contribution < -0.4 is 10.2 Å². The highest BCUT2D eigenvalue weighted by Gasteiger charge is 2.19. The molecule has 0 saturated carbocycles. The molecule has 3 aromatic rings. The minimum atomic E-state index is -0.734. The molecule has 1 atom stereocenters. The molecule has 0 aliphatic rings. The summed E-state index contributed by atoms with van der Waals surface area (Å²) in [6.07, 6.45) is -0.401. The summed E-state index contributed by atoms with van der Waals surface area (Å²) in [4.78, 5) is 14.7. The molecule has 0 aliphatic heterocycles. The summed E-state index contributed by atoms with van der Waals surface area (Å²) in [5, 5.41) is 13.3. The monoisotopic (exact) mass is 388 g/mol. The molecule has 3 rings (SSSR count). The Kier molecular flexibility index (Phi) is 7.04. The molecule has 4 heteroatoms. The summed E-state index contributed by atoms with van der Waals surface area (Å²) in [7, 11) is 3.95. The van der Waals surface area contributed by atoms with Gasteiger partial charge in [0.2, 0.25) is 5.91 Å². The minimum absolute atomic E-state index is 0.0195. The first-order valence-corrected chi connectivity index (χ1v) is 9.86. The lowest BCUT2D eigenvalue weighted by Crippen LogP contribution is -2.29. The topological polar surface area (TPSA) is 52.6 Å². The van der Waals surface area contributed by atoms with Gasteiger partial charge in [0.05, 0.1) is 6.10 Å². The van der Waals surface area contributed by atoms with Gasteiger partial charge in [0, 0.05) is 38.7 Å². The lowest BCUT2D eigenvalue weighted by atomic mass is 9.88. The largest absolute Gasteiger partial charge is 0.387 e. The maximum atomic E-state index is 12.7. The predicted octanol–water partition coefficient (Wildman–Crippen LogP) is 4.12. The predicted molar refractivity (Wildman–Crippen MR) is 118 cm³/mol. The van der Waals surface area contributed by atoms with E-state index in [-0.39, 0.29) is 18.4 Å². The van der Waals surface area contributed by atoms with Gasteiger partial charge in [-0.1, -0.05) is 72.8 Å². The summed E-state index contributed by atoms with van der Waals surface area (Å²) >= 11 is 0. The normalized spacial score (nSPS) is 11.9. The van der Waals surface area contributed by atoms with Crippen molar-refractivity contribution in [2.45, 2.75) is 18.4 Å². The smallest absolute Gasteiger partial charge is 0.221 e. The number of nitrogens with one attached hydrogen (secondary N) is 1. The average Bonchev–Trinajstić information content (AvgIpc) is 2.77. The number of carbonyl (C=O) groups excluding carboxylic acids is 1. The summed E-state index contributed by atoms with van der Waals surface area (Å²) in [5.41, 5.74) is 4.07. The van der Waals surface area contributed by atoms with Gasteiger partial charge in [0.25, 0.3) is 0 Å². The molecule has 0 fully saturated rings. The summed E-state index contributed by atoms with van der Waals surface area (Å²) < 4.78 is 0. The molecule has 0 saturated heterocycles. The van der Waals surface area contributed by atoms with E-state index in [1.54, 1.807) is 0 Å². The van der Waals surface area contributed by atoms with E-state index in [0.29, 0.717) is 6.42 Å². The first kappa shape index (κ1) is 20.6. The van der Waals surface area contributed by atoms with Crippen molar-refractivity contribution in [1.82, 2.24) is 5.32 Å². The molecule has 1 unspecified atom stereocenters. The first-order chi connectivity index (χ1) is 14.0. The highest BCUT2D eigenvalue weighted by atomic mass is 16.3. The Morgan fingerprint density at radius 2 is 1.34 bits per heavy atom. The van der Waals surface area contributed by atoms with Crippen LogP contribution in [-0.2, 0) is 4.79 Å². The molecule has 150 valence electrons. The van der Waals surface area contributed by atoms with Crippen LogP contribution in [0, 0.1) is 0 Å². The molecule has 2 N–H and O–H groups in total. The van der Waals surface area contributed by atoms with Gasteiger partial charge >= 0.3 is 0 Å². The van der Waals surface area contributed by atoms with Crippen LogP contribution in [0.5, 0.6) is 0 Å². The molecule has 0 aromatic heterocycles. The van der Waals surface area contributed by atoms with E-state index in [4.69, 9.17) is 0 Å². The van der Waals surface area contributed by atoms with Gasteiger partial charge in [-0.3, -0.25) is 4.79 Å². The Balaban J connectivity index is 1.63. The molecule has 29 heavy (non-hydrogen) atoms. The van der Waals surface area contributed by atoms with Crippen LogP contribution in [0.25, 0.3) is 0 Å². The maximum absolute atomic E-state index is 12.7. The third kappa shape index (κ3) is 5.69. The molecular formula is C25H28N2O2. The molecule has 4 nitrogen and oxygen atoms in total. The zero-order chi connectivity index (χ0) is 20.6. The molecule has 0 heterocycles. The Hall–Kier alpha value is -3.11. The second-order valence-electron chi connectivity index (χ2n) is 7.38. The fourth-order valence-corrected chi connectivity index (χ4v) is 3.38. The van der Waals surface area contributed by atoms with E-state index >= 15 is 0 Å². The van der Waals surface area contributed by atoms with Crippen LogP contribution in [0.3, 0.4) is 0 Å². The molecule has 0 spiro atoms. The van der Waals surface area contributed by atoms with Crippen molar-refractivity contribution in [2.24, 2.45) is 0 Å². The highest BCUT2D eigenvalue weighted by Crippen LogP contribution is 2.27. The molecule has 0 bridgehead atoms. The number of carbonyl (C=O) groups is 1. The SMILES string of the molecule is CN(C)c1ccc(C(O)CNC(=O)CC(c2ccccc2)c2ccccc2)cc1. The van der Waals surface area contributed by atoms with Crippen molar-refractivity contribution < 1.29 is 9.90 Å². The number of hydrogen-bond acceptors (Lipinski definition) is 3. The second kappa shape index (κ2) is 9.89. The number of rotatable bonds is 8. The van der Waals surface area contributed by atoms with Crippen molar-refractivity contribution >= 4 is 11.6 Å². The quantitative estimate of drug-likeness (QED) is 0.610. The van der Waals surface area contributed by atoms with E-state index in [1.165, 1.54) is 0 Å². The third-order valence-electron chi connectivity index (χ3n) is 5.08. The number of amides is 1. The highest BCUT2D eigenvalue weighted by molar-refractivity contribution is 5.77. The summed E-state index contributed by atoms with van der Waals surface area (Å²) in [6.45, 7) is 0.191. The van der Waals surface area contributed by atoms with Gasteiger partial charge in [-0.05, 0) is 28.8 Å². The molecule has 3 aromatic carbocycles. The minimum Gasteiger partial charge on any atom is -0.387 e. The van der Waals surface area contributed by atoms with Gasteiger partial charge < -0.3 is 15.3 Å². The van der Waals surface area contributed by atoms with Gasteiger partial charge in [0.15, 0.2) is 0 Å². The third-order valence-corrected chi connectivity index (χ3v) is 5.08. The number of anilines is 1. The van der Waals surface area contributed by atoms with Crippen molar-refractivity contribution in [3.05, 3.63) is 102 Å². The van der Waals surface area contributed by atoms with E-state index in [2.05, 4.69) is 5.32 Å².